The van der Waals surface area contributed by atoms with Crippen molar-refractivity contribution < 1.29 is 23.8 Å². The quantitative estimate of drug-likeness (QED) is 0.0345. The minimum atomic E-state index is -0.561. The highest BCUT2D eigenvalue weighted by Crippen LogP contribution is 2.14. The Morgan fingerprint density at radius 2 is 0.625 bits per heavy atom. The smallest absolute Gasteiger partial charge is 0.306 e. The van der Waals surface area contributed by atoms with Crippen LogP contribution in [0.1, 0.15) is 278 Å². The third-order valence-corrected chi connectivity index (χ3v) is 12.8. The molecule has 5 heteroatoms. The van der Waals surface area contributed by atoms with Gasteiger partial charge in [-0.3, -0.25) is 9.59 Å². The van der Waals surface area contributed by atoms with E-state index in [1.807, 2.05) is 0 Å². The molecule has 1 atom stereocenters. The van der Waals surface area contributed by atoms with Crippen LogP contribution in [0.3, 0.4) is 0 Å². The second-order valence-electron chi connectivity index (χ2n) is 19.9. The maximum Gasteiger partial charge on any atom is 0.306 e. The molecule has 0 aliphatic rings. The van der Waals surface area contributed by atoms with Gasteiger partial charge in [-0.2, -0.15) is 0 Å². The average molecular weight is 1000 g/mol. The zero-order chi connectivity index (χ0) is 52.0. The standard InChI is InChI=1S/C67H114O5/c1-4-7-10-13-16-19-22-25-28-31-33-35-38-41-44-47-50-53-56-59-62-70-63-65(72-67(69)61-58-55-52-49-46-43-40-36-30-27-24-21-18-15-12-9-6-3)64-71-66(68)60-57-54-51-48-45-42-39-37-34-32-29-26-23-20-17-14-11-8-5-2/h9,12,16-21,25-30,33-35,37,65H,4-8,10-11,13-15,22-24,31-32,36,38-64H2,1-3H3/b12-9-,19-16-,20-17-,21-18-,28-25-,29-26-,30-27-,35-33-,37-34-. The molecule has 0 saturated carbocycles. The van der Waals surface area contributed by atoms with E-state index in [1.54, 1.807) is 0 Å². The minimum absolute atomic E-state index is 0.0648. The Morgan fingerprint density at radius 3 is 1.00 bits per heavy atom. The molecule has 0 bridgehead atoms. The molecule has 0 aromatic rings. The fourth-order valence-electron chi connectivity index (χ4n) is 8.24. The van der Waals surface area contributed by atoms with Crippen LogP contribution in [-0.2, 0) is 23.8 Å². The van der Waals surface area contributed by atoms with E-state index in [0.29, 0.717) is 19.4 Å². The summed E-state index contributed by atoms with van der Waals surface area (Å²) in [6.07, 6.45) is 85.4. The molecule has 0 aromatic heterocycles. The van der Waals surface area contributed by atoms with Gasteiger partial charge in [0, 0.05) is 19.4 Å². The Bertz CT molecular complexity index is 1410. The van der Waals surface area contributed by atoms with Crippen molar-refractivity contribution in [2.75, 3.05) is 19.8 Å². The van der Waals surface area contributed by atoms with Crippen LogP contribution < -0.4 is 0 Å². The summed E-state index contributed by atoms with van der Waals surface area (Å²) in [6, 6.07) is 0. The van der Waals surface area contributed by atoms with Crippen molar-refractivity contribution in [3.8, 4) is 0 Å². The Kier molecular flexibility index (Phi) is 58.9. The number of carbonyl (C=O) groups excluding carboxylic acids is 2. The molecule has 0 rings (SSSR count). The number of allylic oxidation sites excluding steroid dienone is 18. The molecule has 0 amide bonds. The first-order valence-corrected chi connectivity index (χ1v) is 30.4. The van der Waals surface area contributed by atoms with Gasteiger partial charge in [0.1, 0.15) is 6.61 Å². The number of carbonyl (C=O) groups is 2. The van der Waals surface area contributed by atoms with Gasteiger partial charge in [0.15, 0.2) is 6.10 Å². The van der Waals surface area contributed by atoms with Gasteiger partial charge in [-0.25, -0.2) is 0 Å². The van der Waals surface area contributed by atoms with Gasteiger partial charge >= 0.3 is 11.9 Å². The molecular weight excluding hydrogens is 885 g/mol. The summed E-state index contributed by atoms with van der Waals surface area (Å²) in [5.74, 6) is -0.427. The second kappa shape index (κ2) is 61.9. The van der Waals surface area contributed by atoms with Crippen LogP contribution >= 0.6 is 0 Å². The average Bonchev–Trinajstić information content (AvgIpc) is 3.38. The van der Waals surface area contributed by atoms with Gasteiger partial charge < -0.3 is 14.2 Å². The van der Waals surface area contributed by atoms with Crippen LogP contribution in [0.25, 0.3) is 0 Å². The summed E-state index contributed by atoms with van der Waals surface area (Å²) in [4.78, 5) is 25.6. The Balaban J connectivity index is 4.36. The topological polar surface area (TPSA) is 61.8 Å². The summed E-state index contributed by atoms with van der Waals surface area (Å²) in [5, 5.41) is 0. The largest absolute Gasteiger partial charge is 0.462 e. The lowest BCUT2D eigenvalue weighted by atomic mass is 10.1. The lowest BCUT2D eigenvalue weighted by Gasteiger charge is -2.18. The number of hydrogen-bond acceptors (Lipinski definition) is 5. The molecule has 72 heavy (non-hydrogen) atoms. The van der Waals surface area contributed by atoms with E-state index in [9.17, 15) is 9.59 Å². The summed E-state index contributed by atoms with van der Waals surface area (Å²) in [5.41, 5.74) is 0. The number of esters is 2. The van der Waals surface area contributed by atoms with Crippen molar-refractivity contribution >= 4 is 11.9 Å². The van der Waals surface area contributed by atoms with Crippen molar-refractivity contribution in [1.82, 2.24) is 0 Å². The molecule has 0 aliphatic heterocycles. The fourth-order valence-corrected chi connectivity index (χ4v) is 8.24. The molecule has 0 aliphatic carbocycles. The van der Waals surface area contributed by atoms with Gasteiger partial charge in [-0.05, 0) is 128 Å². The van der Waals surface area contributed by atoms with Crippen LogP contribution in [0.5, 0.6) is 0 Å². The molecule has 5 nitrogen and oxygen atoms in total. The maximum absolute atomic E-state index is 12.9. The zero-order valence-electron chi connectivity index (χ0n) is 47.4. The van der Waals surface area contributed by atoms with Crippen molar-refractivity contribution in [2.45, 2.75) is 284 Å². The summed E-state index contributed by atoms with van der Waals surface area (Å²) >= 11 is 0. The SMILES string of the molecule is CC/C=C\C/C=C\C/C=C\CCCCCCCCCC(=O)OC(COCCCCCCCCC/C=C\C/C=C\C/C=C\CCCCC)COC(=O)CCCCCCCC/C=C\C/C=C\C/C=C\CCCCC. The van der Waals surface area contributed by atoms with Gasteiger partial charge in [0.2, 0.25) is 0 Å². The predicted octanol–water partition coefficient (Wildman–Crippen LogP) is 21.1. The van der Waals surface area contributed by atoms with Crippen molar-refractivity contribution in [3.05, 3.63) is 109 Å². The maximum atomic E-state index is 12.9. The highest BCUT2D eigenvalue weighted by atomic mass is 16.6. The predicted molar refractivity (Wildman–Crippen MR) is 316 cm³/mol. The van der Waals surface area contributed by atoms with Crippen LogP contribution in [0.15, 0.2) is 109 Å². The molecule has 1 unspecified atom stereocenters. The van der Waals surface area contributed by atoms with E-state index in [1.165, 1.54) is 135 Å². The highest BCUT2D eigenvalue weighted by molar-refractivity contribution is 5.70. The van der Waals surface area contributed by atoms with E-state index in [4.69, 9.17) is 14.2 Å². The molecule has 0 spiro atoms. The van der Waals surface area contributed by atoms with Crippen LogP contribution in [0.2, 0.25) is 0 Å². The first-order valence-electron chi connectivity index (χ1n) is 30.4. The Hall–Kier alpha value is -3.44. The van der Waals surface area contributed by atoms with Gasteiger partial charge in [-0.1, -0.05) is 246 Å². The minimum Gasteiger partial charge on any atom is -0.462 e. The molecule has 0 N–H and O–H groups in total. The van der Waals surface area contributed by atoms with Crippen LogP contribution in [0, 0.1) is 0 Å². The van der Waals surface area contributed by atoms with Gasteiger partial charge in [0.25, 0.3) is 0 Å². The van der Waals surface area contributed by atoms with E-state index in [-0.39, 0.29) is 25.2 Å². The molecule has 0 saturated heterocycles. The van der Waals surface area contributed by atoms with E-state index in [0.717, 1.165) is 109 Å². The lowest BCUT2D eigenvalue weighted by molar-refractivity contribution is -0.163. The first kappa shape index (κ1) is 68.6. The summed E-state index contributed by atoms with van der Waals surface area (Å²) < 4.78 is 17.5. The Labute approximate surface area is 446 Å². The third kappa shape index (κ3) is 59.1. The summed E-state index contributed by atoms with van der Waals surface area (Å²) in [6.45, 7) is 7.63. The number of ether oxygens (including phenoxy) is 3. The molecule has 0 fully saturated rings. The second-order valence-corrected chi connectivity index (χ2v) is 19.9. The van der Waals surface area contributed by atoms with E-state index in [2.05, 4.69) is 130 Å². The highest BCUT2D eigenvalue weighted by Gasteiger charge is 2.17. The van der Waals surface area contributed by atoms with Gasteiger partial charge in [-0.15, -0.1) is 0 Å². The molecule has 0 heterocycles. The zero-order valence-corrected chi connectivity index (χ0v) is 47.4. The normalized spacial score (nSPS) is 13.0. The van der Waals surface area contributed by atoms with Crippen LogP contribution in [-0.4, -0.2) is 37.9 Å². The van der Waals surface area contributed by atoms with Crippen molar-refractivity contribution in [3.63, 3.8) is 0 Å². The number of rotatable bonds is 55. The molecular formula is C67H114O5. The van der Waals surface area contributed by atoms with Crippen LogP contribution in [0.4, 0.5) is 0 Å². The first-order chi connectivity index (χ1) is 35.6. The lowest BCUT2D eigenvalue weighted by Crippen LogP contribution is -2.30. The van der Waals surface area contributed by atoms with E-state index >= 15 is 0 Å². The van der Waals surface area contributed by atoms with Crippen molar-refractivity contribution in [2.24, 2.45) is 0 Å². The molecule has 412 valence electrons. The monoisotopic (exact) mass is 999 g/mol. The molecule has 0 radical (unpaired) electrons. The fraction of sp³-hybridized carbons (Fsp3) is 0.701. The van der Waals surface area contributed by atoms with E-state index < -0.39 is 6.10 Å². The van der Waals surface area contributed by atoms with Crippen molar-refractivity contribution in [1.29, 1.82) is 0 Å². The van der Waals surface area contributed by atoms with Gasteiger partial charge in [0.05, 0.1) is 6.61 Å². The summed E-state index contributed by atoms with van der Waals surface area (Å²) in [7, 11) is 0. The Morgan fingerprint density at radius 1 is 0.319 bits per heavy atom. The molecule has 0 aromatic carbocycles. The third-order valence-electron chi connectivity index (χ3n) is 12.8. The number of hydrogen-bond donors (Lipinski definition) is 0. The number of unbranched alkanes of at least 4 members (excludes halogenated alkanes) is 26.